The van der Waals surface area contributed by atoms with E-state index in [-0.39, 0.29) is 5.91 Å². The SMILES string of the molecule is O=C(CSc1ccc(N2CCCCCC2)nn1)Nc1ccc(Cl)cc1. The lowest BCUT2D eigenvalue weighted by Gasteiger charge is -2.20. The van der Waals surface area contributed by atoms with E-state index in [0.29, 0.717) is 10.8 Å². The first-order valence-corrected chi connectivity index (χ1v) is 9.84. The van der Waals surface area contributed by atoms with E-state index in [1.807, 2.05) is 12.1 Å². The first-order chi connectivity index (χ1) is 12.2. The van der Waals surface area contributed by atoms with Crippen molar-refractivity contribution in [1.82, 2.24) is 10.2 Å². The molecule has 25 heavy (non-hydrogen) atoms. The second-order valence-electron chi connectivity index (χ2n) is 5.97. The van der Waals surface area contributed by atoms with Crippen LogP contribution in [-0.2, 0) is 4.79 Å². The summed E-state index contributed by atoms with van der Waals surface area (Å²) in [7, 11) is 0. The number of amides is 1. The molecule has 0 aliphatic carbocycles. The third-order valence-corrected chi connectivity index (χ3v) is 5.21. The molecule has 0 spiro atoms. The van der Waals surface area contributed by atoms with Gasteiger partial charge in [0.25, 0.3) is 0 Å². The smallest absolute Gasteiger partial charge is 0.234 e. The number of rotatable bonds is 5. The lowest BCUT2D eigenvalue weighted by atomic mass is 10.2. The van der Waals surface area contributed by atoms with Crippen molar-refractivity contribution in [3.63, 3.8) is 0 Å². The predicted octanol–water partition coefficient (Wildman–Crippen LogP) is 4.24. The molecule has 2 aromatic rings. The van der Waals surface area contributed by atoms with Crippen molar-refractivity contribution < 1.29 is 4.79 Å². The maximum atomic E-state index is 12.0. The summed E-state index contributed by atoms with van der Waals surface area (Å²) in [5, 5.41) is 12.8. The van der Waals surface area contributed by atoms with Crippen LogP contribution in [0.2, 0.25) is 5.02 Å². The van der Waals surface area contributed by atoms with Gasteiger partial charge in [-0.1, -0.05) is 36.2 Å². The minimum Gasteiger partial charge on any atom is -0.355 e. The Balaban J connectivity index is 1.49. The number of thioether (sulfide) groups is 1. The van der Waals surface area contributed by atoms with E-state index in [9.17, 15) is 4.79 Å². The highest BCUT2D eigenvalue weighted by Gasteiger charge is 2.12. The highest BCUT2D eigenvalue weighted by molar-refractivity contribution is 7.99. The molecule has 1 N–H and O–H groups in total. The van der Waals surface area contributed by atoms with Crippen molar-refractivity contribution in [2.75, 3.05) is 29.1 Å². The number of halogens is 1. The molecule has 5 nitrogen and oxygen atoms in total. The maximum absolute atomic E-state index is 12.0. The largest absolute Gasteiger partial charge is 0.355 e. The van der Waals surface area contributed by atoms with Gasteiger partial charge in [-0.3, -0.25) is 4.79 Å². The Bertz CT molecular complexity index is 685. The molecule has 0 atom stereocenters. The molecular weight excluding hydrogens is 356 g/mol. The zero-order valence-electron chi connectivity index (χ0n) is 13.9. The molecular formula is C18H21ClN4OS. The van der Waals surface area contributed by atoms with Gasteiger partial charge in [-0.25, -0.2) is 0 Å². The van der Waals surface area contributed by atoms with Gasteiger partial charge in [-0.05, 0) is 49.2 Å². The Hall–Kier alpha value is -1.79. The van der Waals surface area contributed by atoms with E-state index in [0.717, 1.165) is 29.6 Å². The number of nitrogens with zero attached hydrogens (tertiary/aromatic N) is 3. The van der Waals surface area contributed by atoms with Crippen LogP contribution >= 0.6 is 23.4 Å². The van der Waals surface area contributed by atoms with E-state index < -0.39 is 0 Å². The van der Waals surface area contributed by atoms with Crippen molar-refractivity contribution in [3.8, 4) is 0 Å². The molecule has 0 saturated carbocycles. The van der Waals surface area contributed by atoms with Crippen molar-refractivity contribution in [2.45, 2.75) is 30.7 Å². The summed E-state index contributed by atoms with van der Waals surface area (Å²) >= 11 is 7.21. The quantitative estimate of drug-likeness (QED) is 0.791. The molecule has 1 aromatic carbocycles. The number of carbonyl (C=O) groups excluding carboxylic acids is 1. The Morgan fingerprint density at radius 3 is 2.40 bits per heavy atom. The van der Waals surface area contributed by atoms with Crippen LogP contribution in [0.15, 0.2) is 41.4 Å². The number of nitrogens with one attached hydrogen (secondary N) is 1. The van der Waals surface area contributed by atoms with Crippen LogP contribution in [0.3, 0.4) is 0 Å². The average molecular weight is 377 g/mol. The number of hydrogen-bond donors (Lipinski definition) is 1. The topological polar surface area (TPSA) is 58.1 Å². The van der Waals surface area contributed by atoms with Crippen molar-refractivity contribution in [3.05, 3.63) is 41.4 Å². The van der Waals surface area contributed by atoms with Crippen LogP contribution in [0.25, 0.3) is 0 Å². The number of carbonyl (C=O) groups is 1. The molecule has 0 unspecified atom stereocenters. The van der Waals surface area contributed by atoms with Crippen molar-refractivity contribution in [1.29, 1.82) is 0 Å². The number of hydrogen-bond acceptors (Lipinski definition) is 5. The first kappa shape index (κ1) is 18.0. The standard InChI is InChI=1S/C18H21ClN4OS/c19-14-5-7-15(8-6-14)20-17(24)13-25-18-10-9-16(21-22-18)23-11-3-1-2-4-12-23/h5-10H,1-4,11-13H2,(H,20,24). The Morgan fingerprint density at radius 2 is 1.76 bits per heavy atom. The Morgan fingerprint density at radius 1 is 1.04 bits per heavy atom. The minimum atomic E-state index is -0.0780. The van der Waals surface area contributed by atoms with Crippen LogP contribution in [0.1, 0.15) is 25.7 Å². The van der Waals surface area contributed by atoms with Crippen LogP contribution in [0.4, 0.5) is 11.5 Å². The fourth-order valence-corrected chi connectivity index (χ4v) is 3.47. The molecule has 7 heteroatoms. The summed E-state index contributed by atoms with van der Waals surface area (Å²) in [6.07, 6.45) is 5.01. The summed E-state index contributed by atoms with van der Waals surface area (Å²) in [5.41, 5.74) is 0.734. The molecule has 1 fully saturated rings. The van der Waals surface area contributed by atoms with E-state index in [2.05, 4.69) is 20.4 Å². The molecule has 2 heterocycles. The molecule has 1 saturated heterocycles. The highest BCUT2D eigenvalue weighted by Crippen LogP contribution is 2.20. The first-order valence-electron chi connectivity index (χ1n) is 8.47. The average Bonchev–Trinajstić information content (AvgIpc) is 2.92. The lowest BCUT2D eigenvalue weighted by molar-refractivity contribution is -0.113. The van der Waals surface area contributed by atoms with Gasteiger partial charge in [-0.15, -0.1) is 10.2 Å². The van der Waals surface area contributed by atoms with Gasteiger partial charge in [0.05, 0.1) is 5.75 Å². The van der Waals surface area contributed by atoms with Crippen LogP contribution < -0.4 is 10.2 Å². The zero-order valence-corrected chi connectivity index (χ0v) is 15.5. The highest BCUT2D eigenvalue weighted by atomic mass is 35.5. The fraction of sp³-hybridized carbons (Fsp3) is 0.389. The van der Waals surface area contributed by atoms with Gasteiger partial charge < -0.3 is 10.2 Å². The third kappa shape index (κ3) is 5.61. The van der Waals surface area contributed by atoms with Gasteiger partial charge in [0.2, 0.25) is 5.91 Å². The molecule has 1 aliphatic heterocycles. The molecule has 1 amide bonds. The van der Waals surface area contributed by atoms with Gasteiger partial charge in [0.15, 0.2) is 5.82 Å². The van der Waals surface area contributed by atoms with E-state index in [1.165, 1.54) is 37.4 Å². The zero-order chi connectivity index (χ0) is 17.5. The predicted molar refractivity (Wildman–Crippen MR) is 104 cm³/mol. The molecule has 1 aliphatic rings. The second-order valence-corrected chi connectivity index (χ2v) is 7.41. The van der Waals surface area contributed by atoms with Crippen LogP contribution in [0, 0.1) is 0 Å². The minimum absolute atomic E-state index is 0.0780. The van der Waals surface area contributed by atoms with Crippen LogP contribution in [-0.4, -0.2) is 34.9 Å². The number of aromatic nitrogens is 2. The second kappa shape index (κ2) is 9.06. The molecule has 0 radical (unpaired) electrons. The Kier molecular flexibility index (Phi) is 6.53. The normalized spacial score (nSPS) is 14.8. The van der Waals surface area contributed by atoms with E-state index in [4.69, 9.17) is 11.6 Å². The Labute approximate surface area is 157 Å². The monoisotopic (exact) mass is 376 g/mol. The maximum Gasteiger partial charge on any atom is 0.234 e. The van der Waals surface area contributed by atoms with E-state index in [1.54, 1.807) is 24.3 Å². The molecule has 0 bridgehead atoms. The van der Waals surface area contributed by atoms with E-state index >= 15 is 0 Å². The lowest BCUT2D eigenvalue weighted by Crippen LogP contribution is -2.25. The summed E-state index contributed by atoms with van der Waals surface area (Å²) in [5.74, 6) is 1.14. The number of benzene rings is 1. The molecule has 3 rings (SSSR count). The summed E-state index contributed by atoms with van der Waals surface area (Å²) in [6.45, 7) is 2.09. The van der Waals surface area contributed by atoms with Gasteiger partial charge in [-0.2, -0.15) is 0 Å². The van der Waals surface area contributed by atoms with Crippen LogP contribution in [0.5, 0.6) is 0 Å². The fourth-order valence-electron chi connectivity index (χ4n) is 2.73. The van der Waals surface area contributed by atoms with Crippen molar-refractivity contribution in [2.24, 2.45) is 0 Å². The van der Waals surface area contributed by atoms with Gasteiger partial charge in [0, 0.05) is 23.8 Å². The molecule has 1 aromatic heterocycles. The van der Waals surface area contributed by atoms with Gasteiger partial charge in [0.1, 0.15) is 5.03 Å². The van der Waals surface area contributed by atoms with Crippen molar-refractivity contribution >= 4 is 40.8 Å². The summed E-state index contributed by atoms with van der Waals surface area (Å²) < 4.78 is 0. The van der Waals surface area contributed by atoms with Gasteiger partial charge >= 0.3 is 0 Å². The summed E-state index contributed by atoms with van der Waals surface area (Å²) in [6, 6.07) is 11.0. The summed E-state index contributed by atoms with van der Waals surface area (Å²) in [4.78, 5) is 14.3. The number of anilines is 2. The third-order valence-electron chi connectivity index (χ3n) is 4.04. The molecule has 132 valence electrons.